The molecular weight excluding hydrogens is 338 g/mol. The molecule has 7 nitrogen and oxygen atoms in total. The van der Waals surface area contributed by atoms with Crippen molar-refractivity contribution < 1.29 is 0 Å². The van der Waals surface area contributed by atoms with Crippen molar-refractivity contribution in [2.45, 2.75) is 45.4 Å². The highest BCUT2D eigenvalue weighted by Crippen LogP contribution is 2.25. The summed E-state index contributed by atoms with van der Waals surface area (Å²) in [5, 5.41) is 4.14. The van der Waals surface area contributed by atoms with E-state index in [1.165, 1.54) is 38.5 Å². The quantitative estimate of drug-likeness (QED) is 0.554. The van der Waals surface area contributed by atoms with Gasteiger partial charge in [-0.05, 0) is 25.1 Å². The van der Waals surface area contributed by atoms with Gasteiger partial charge in [-0.2, -0.15) is 0 Å². The fourth-order valence-electron chi connectivity index (χ4n) is 3.52. The summed E-state index contributed by atoms with van der Waals surface area (Å²) in [7, 11) is 1.96. The second-order valence-corrected chi connectivity index (χ2v) is 7.05. The van der Waals surface area contributed by atoms with Crippen molar-refractivity contribution in [3.63, 3.8) is 0 Å². The summed E-state index contributed by atoms with van der Waals surface area (Å²) in [5.41, 5.74) is 10.1. The molecule has 0 atom stereocenters. The SMILES string of the molecule is C1CCCCC1.Cc1nc2ccc(-c3ccn4nc(N)ncc34)nc2n1C. The van der Waals surface area contributed by atoms with Crippen molar-refractivity contribution >= 4 is 22.6 Å². The Hall–Kier alpha value is -2.96. The van der Waals surface area contributed by atoms with Gasteiger partial charge < -0.3 is 10.3 Å². The lowest BCUT2D eigenvalue weighted by Gasteiger charge is -2.05. The normalized spacial score (nSPS) is 14.3. The Morgan fingerprint density at radius 1 is 0.963 bits per heavy atom. The maximum atomic E-state index is 5.60. The monoisotopic (exact) mass is 363 g/mol. The number of imidazole rings is 1. The van der Waals surface area contributed by atoms with Crippen molar-refractivity contribution in [1.82, 2.24) is 29.1 Å². The molecule has 1 aliphatic carbocycles. The maximum Gasteiger partial charge on any atom is 0.238 e. The number of pyridine rings is 1. The highest BCUT2D eigenvalue weighted by atomic mass is 15.3. The van der Waals surface area contributed by atoms with Gasteiger partial charge in [-0.3, -0.25) is 0 Å². The molecule has 4 aromatic rings. The molecule has 4 heterocycles. The zero-order valence-electron chi connectivity index (χ0n) is 15.9. The van der Waals surface area contributed by atoms with Crippen LogP contribution in [-0.2, 0) is 7.05 Å². The van der Waals surface area contributed by atoms with Gasteiger partial charge in [-0.15, -0.1) is 5.10 Å². The molecule has 0 spiro atoms. The van der Waals surface area contributed by atoms with E-state index in [4.69, 9.17) is 10.7 Å². The standard InChI is InChI=1S/C14H13N7.C6H12/c1-8-17-11-4-3-10(18-13(11)20(8)2)9-5-6-21-12(9)7-16-14(15)19-21;1-2-4-6-5-3-1/h3-7H,1-2H3,(H2,15,19);1-6H2. The van der Waals surface area contributed by atoms with Crippen LogP contribution in [0.2, 0.25) is 0 Å². The lowest BCUT2D eigenvalue weighted by molar-refractivity contribution is 0.504. The van der Waals surface area contributed by atoms with Gasteiger partial charge in [0.1, 0.15) is 11.3 Å². The molecule has 1 aliphatic rings. The van der Waals surface area contributed by atoms with E-state index in [1.807, 2.05) is 42.9 Å². The second-order valence-electron chi connectivity index (χ2n) is 7.05. The van der Waals surface area contributed by atoms with Gasteiger partial charge in [-0.1, -0.05) is 38.5 Å². The number of hydrogen-bond donors (Lipinski definition) is 1. The van der Waals surface area contributed by atoms with Crippen molar-refractivity contribution in [3.05, 3.63) is 36.4 Å². The van der Waals surface area contributed by atoms with Crippen molar-refractivity contribution in [2.24, 2.45) is 7.05 Å². The number of aromatic nitrogens is 6. The van der Waals surface area contributed by atoms with E-state index in [1.54, 1.807) is 10.7 Å². The Kier molecular flexibility index (Phi) is 4.75. The van der Waals surface area contributed by atoms with Gasteiger partial charge >= 0.3 is 0 Å². The van der Waals surface area contributed by atoms with Crippen LogP contribution in [0, 0.1) is 6.92 Å². The molecule has 140 valence electrons. The van der Waals surface area contributed by atoms with Crippen LogP contribution in [0.3, 0.4) is 0 Å². The first-order valence-electron chi connectivity index (χ1n) is 9.54. The minimum atomic E-state index is 0.246. The van der Waals surface area contributed by atoms with Crippen molar-refractivity contribution in [3.8, 4) is 11.3 Å². The lowest BCUT2D eigenvalue weighted by atomic mass is 10.0. The summed E-state index contributed by atoms with van der Waals surface area (Å²) in [6.45, 7) is 1.96. The van der Waals surface area contributed by atoms with Gasteiger partial charge in [0.25, 0.3) is 0 Å². The van der Waals surface area contributed by atoms with E-state index in [9.17, 15) is 0 Å². The highest BCUT2D eigenvalue weighted by molar-refractivity contribution is 5.82. The Balaban J connectivity index is 0.000000257. The Labute approximate surface area is 158 Å². The summed E-state index contributed by atoms with van der Waals surface area (Å²) in [5.74, 6) is 1.18. The minimum Gasteiger partial charge on any atom is -0.367 e. The van der Waals surface area contributed by atoms with Crippen LogP contribution in [0.15, 0.2) is 30.6 Å². The summed E-state index contributed by atoms with van der Waals surface area (Å²) in [6, 6.07) is 5.90. The molecule has 2 N–H and O–H groups in total. The first kappa shape index (κ1) is 17.5. The van der Waals surface area contributed by atoms with Crippen molar-refractivity contribution in [1.29, 1.82) is 0 Å². The average molecular weight is 363 g/mol. The molecule has 0 saturated heterocycles. The number of rotatable bonds is 1. The number of nitrogen functional groups attached to an aromatic ring is 1. The number of nitrogens with two attached hydrogens (primary N) is 1. The topological polar surface area (TPSA) is 86.9 Å². The summed E-state index contributed by atoms with van der Waals surface area (Å²) in [4.78, 5) is 13.2. The number of hydrogen-bond acceptors (Lipinski definition) is 5. The summed E-state index contributed by atoms with van der Waals surface area (Å²) in [6.07, 6.45) is 12.6. The molecule has 0 bridgehead atoms. The summed E-state index contributed by atoms with van der Waals surface area (Å²) >= 11 is 0. The van der Waals surface area contributed by atoms with E-state index < -0.39 is 0 Å². The number of nitrogens with zero attached hydrogens (tertiary/aromatic N) is 6. The predicted octanol–water partition coefficient (Wildman–Crippen LogP) is 3.91. The molecule has 5 rings (SSSR count). The smallest absolute Gasteiger partial charge is 0.238 e. The molecule has 0 aliphatic heterocycles. The third-order valence-corrected chi connectivity index (χ3v) is 5.15. The molecule has 1 fully saturated rings. The Bertz CT molecular complexity index is 1060. The van der Waals surface area contributed by atoms with Gasteiger partial charge in [-0.25, -0.2) is 19.5 Å². The van der Waals surface area contributed by atoms with E-state index in [0.29, 0.717) is 0 Å². The summed E-state index contributed by atoms with van der Waals surface area (Å²) < 4.78 is 3.68. The van der Waals surface area contributed by atoms with E-state index in [2.05, 4.69) is 15.1 Å². The zero-order valence-corrected chi connectivity index (χ0v) is 15.9. The molecule has 0 amide bonds. The first-order chi connectivity index (χ1) is 13.1. The largest absolute Gasteiger partial charge is 0.367 e. The molecule has 7 heteroatoms. The third kappa shape index (κ3) is 3.49. The zero-order chi connectivity index (χ0) is 18.8. The fraction of sp³-hybridized carbons (Fsp3) is 0.400. The van der Waals surface area contributed by atoms with Gasteiger partial charge in [0.15, 0.2) is 5.65 Å². The number of anilines is 1. The Morgan fingerprint density at radius 2 is 1.67 bits per heavy atom. The van der Waals surface area contributed by atoms with Crippen LogP contribution in [-0.4, -0.2) is 29.1 Å². The van der Waals surface area contributed by atoms with E-state index in [0.717, 1.165) is 33.8 Å². The molecule has 0 unspecified atom stereocenters. The van der Waals surface area contributed by atoms with Gasteiger partial charge in [0, 0.05) is 18.8 Å². The van der Waals surface area contributed by atoms with Crippen LogP contribution >= 0.6 is 0 Å². The number of fused-ring (bicyclic) bond motifs is 2. The fourth-order valence-corrected chi connectivity index (χ4v) is 3.52. The Morgan fingerprint density at radius 3 is 2.37 bits per heavy atom. The van der Waals surface area contributed by atoms with Crippen molar-refractivity contribution in [2.75, 3.05) is 5.73 Å². The maximum absolute atomic E-state index is 5.60. The van der Waals surface area contributed by atoms with Crippen LogP contribution in [0.4, 0.5) is 5.95 Å². The van der Waals surface area contributed by atoms with Crippen LogP contribution < -0.4 is 5.73 Å². The number of aryl methyl sites for hydroxylation is 2. The van der Waals surface area contributed by atoms with Gasteiger partial charge in [0.05, 0.1) is 17.4 Å². The molecule has 4 aromatic heterocycles. The minimum absolute atomic E-state index is 0.246. The molecule has 0 radical (unpaired) electrons. The second kappa shape index (κ2) is 7.34. The average Bonchev–Trinajstić information content (AvgIpc) is 3.24. The predicted molar refractivity (Wildman–Crippen MR) is 107 cm³/mol. The molecule has 27 heavy (non-hydrogen) atoms. The van der Waals surface area contributed by atoms with Gasteiger partial charge in [0.2, 0.25) is 5.95 Å². The van der Waals surface area contributed by atoms with Crippen LogP contribution in [0.5, 0.6) is 0 Å². The highest BCUT2D eigenvalue weighted by Gasteiger charge is 2.11. The third-order valence-electron chi connectivity index (χ3n) is 5.15. The van der Waals surface area contributed by atoms with Crippen LogP contribution in [0.1, 0.15) is 44.3 Å². The van der Waals surface area contributed by atoms with E-state index in [-0.39, 0.29) is 5.95 Å². The molecule has 1 saturated carbocycles. The molecule has 0 aromatic carbocycles. The first-order valence-corrected chi connectivity index (χ1v) is 9.54. The van der Waals surface area contributed by atoms with E-state index >= 15 is 0 Å². The van der Waals surface area contributed by atoms with Crippen LogP contribution in [0.25, 0.3) is 27.9 Å². The molecular formula is C20H25N7. The lowest BCUT2D eigenvalue weighted by Crippen LogP contribution is -1.99.